The second-order valence-corrected chi connectivity index (χ2v) is 6.02. The quantitative estimate of drug-likeness (QED) is 0.810. The van der Waals surface area contributed by atoms with E-state index in [2.05, 4.69) is 12.2 Å². The normalized spacial score (nSPS) is 24.9. The fraction of sp³-hybridized carbons (Fsp3) is 0.588. The van der Waals surface area contributed by atoms with Crippen molar-refractivity contribution in [3.63, 3.8) is 0 Å². The minimum atomic E-state index is -0.745. The first kappa shape index (κ1) is 15.0. The molecule has 2 N–H and O–H groups in total. The minimum Gasteiger partial charge on any atom is -0.481 e. The SMILES string of the molecule is CC1CCCC(NCC(C(=O)O)c2ccccc2)CC1. The highest BCUT2D eigenvalue weighted by atomic mass is 16.4. The van der Waals surface area contributed by atoms with Crippen molar-refractivity contribution >= 4 is 5.97 Å². The number of rotatable bonds is 5. The third-order valence-corrected chi connectivity index (χ3v) is 4.37. The molecule has 0 radical (unpaired) electrons. The monoisotopic (exact) mass is 275 g/mol. The van der Waals surface area contributed by atoms with Crippen molar-refractivity contribution in [2.24, 2.45) is 5.92 Å². The van der Waals surface area contributed by atoms with Crippen LogP contribution in [0.1, 0.15) is 50.5 Å². The van der Waals surface area contributed by atoms with Crippen molar-refractivity contribution in [3.8, 4) is 0 Å². The van der Waals surface area contributed by atoms with Gasteiger partial charge in [-0.15, -0.1) is 0 Å². The van der Waals surface area contributed by atoms with Gasteiger partial charge in [0, 0.05) is 12.6 Å². The number of hydrogen-bond acceptors (Lipinski definition) is 2. The second kappa shape index (κ2) is 7.44. The molecule has 0 heterocycles. The molecule has 3 unspecified atom stereocenters. The molecule has 0 aromatic heterocycles. The smallest absolute Gasteiger partial charge is 0.312 e. The Labute approximate surface area is 121 Å². The van der Waals surface area contributed by atoms with Crippen molar-refractivity contribution < 1.29 is 9.90 Å². The van der Waals surface area contributed by atoms with Gasteiger partial charge in [-0.25, -0.2) is 0 Å². The van der Waals surface area contributed by atoms with E-state index in [0.717, 1.165) is 11.5 Å². The summed E-state index contributed by atoms with van der Waals surface area (Å²) in [7, 11) is 0. The Hall–Kier alpha value is -1.35. The van der Waals surface area contributed by atoms with E-state index in [4.69, 9.17) is 0 Å². The molecule has 3 heteroatoms. The lowest BCUT2D eigenvalue weighted by atomic mass is 9.98. The van der Waals surface area contributed by atoms with Gasteiger partial charge in [-0.1, -0.05) is 50.1 Å². The van der Waals surface area contributed by atoms with E-state index in [9.17, 15) is 9.90 Å². The topological polar surface area (TPSA) is 49.3 Å². The minimum absolute atomic E-state index is 0.447. The number of carboxylic acid groups (broad SMARTS) is 1. The second-order valence-electron chi connectivity index (χ2n) is 6.02. The first-order valence-corrected chi connectivity index (χ1v) is 7.68. The Bertz CT molecular complexity index is 418. The van der Waals surface area contributed by atoms with Gasteiger partial charge >= 0.3 is 5.97 Å². The number of nitrogens with one attached hydrogen (secondary N) is 1. The lowest BCUT2D eigenvalue weighted by Gasteiger charge is -2.20. The van der Waals surface area contributed by atoms with Crippen LogP contribution in [0.15, 0.2) is 30.3 Å². The van der Waals surface area contributed by atoms with Crippen LogP contribution in [-0.2, 0) is 4.79 Å². The molecule has 3 atom stereocenters. The maximum Gasteiger partial charge on any atom is 0.312 e. The largest absolute Gasteiger partial charge is 0.481 e. The molecule has 2 rings (SSSR count). The Kier molecular flexibility index (Phi) is 5.60. The van der Waals surface area contributed by atoms with E-state index in [0.29, 0.717) is 12.6 Å². The molecule has 0 bridgehead atoms. The molecule has 110 valence electrons. The molecule has 1 aliphatic rings. The Morgan fingerprint density at radius 1 is 1.25 bits per heavy atom. The number of aliphatic carboxylic acids is 1. The summed E-state index contributed by atoms with van der Waals surface area (Å²) in [6, 6.07) is 10.00. The molecule has 1 aliphatic carbocycles. The summed E-state index contributed by atoms with van der Waals surface area (Å²) >= 11 is 0. The van der Waals surface area contributed by atoms with Gasteiger partial charge in [-0.3, -0.25) is 4.79 Å². The Morgan fingerprint density at radius 2 is 2.00 bits per heavy atom. The zero-order chi connectivity index (χ0) is 14.4. The van der Waals surface area contributed by atoms with Crippen molar-refractivity contribution in [1.82, 2.24) is 5.32 Å². The molecule has 1 saturated carbocycles. The van der Waals surface area contributed by atoms with Gasteiger partial charge in [-0.2, -0.15) is 0 Å². The number of carboxylic acids is 1. The highest BCUT2D eigenvalue weighted by molar-refractivity contribution is 5.76. The van der Waals surface area contributed by atoms with E-state index in [1.807, 2.05) is 30.3 Å². The van der Waals surface area contributed by atoms with Gasteiger partial charge < -0.3 is 10.4 Å². The van der Waals surface area contributed by atoms with E-state index < -0.39 is 11.9 Å². The van der Waals surface area contributed by atoms with Gasteiger partial charge in [0.05, 0.1) is 5.92 Å². The molecule has 0 saturated heterocycles. The average molecular weight is 275 g/mol. The van der Waals surface area contributed by atoms with Crippen LogP contribution >= 0.6 is 0 Å². The zero-order valence-electron chi connectivity index (χ0n) is 12.2. The maximum absolute atomic E-state index is 11.5. The van der Waals surface area contributed by atoms with Crippen LogP contribution in [0.25, 0.3) is 0 Å². The molecule has 0 aliphatic heterocycles. The van der Waals surface area contributed by atoms with Gasteiger partial charge in [0.25, 0.3) is 0 Å². The number of hydrogen-bond donors (Lipinski definition) is 2. The fourth-order valence-electron chi connectivity index (χ4n) is 3.01. The lowest BCUT2D eigenvalue weighted by molar-refractivity contribution is -0.138. The summed E-state index contributed by atoms with van der Waals surface area (Å²) in [6.45, 7) is 2.84. The van der Waals surface area contributed by atoms with Crippen molar-refractivity contribution in [2.45, 2.75) is 51.0 Å². The summed E-state index contributed by atoms with van der Waals surface area (Å²) in [5.74, 6) is -0.381. The molecule has 1 aromatic rings. The third-order valence-electron chi connectivity index (χ3n) is 4.37. The lowest BCUT2D eigenvalue weighted by Crippen LogP contribution is -2.34. The van der Waals surface area contributed by atoms with E-state index in [-0.39, 0.29) is 0 Å². The van der Waals surface area contributed by atoms with Crippen LogP contribution in [0, 0.1) is 5.92 Å². The molecule has 20 heavy (non-hydrogen) atoms. The van der Waals surface area contributed by atoms with Crippen molar-refractivity contribution in [2.75, 3.05) is 6.54 Å². The van der Waals surface area contributed by atoms with Crippen LogP contribution in [0.2, 0.25) is 0 Å². The fourth-order valence-corrected chi connectivity index (χ4v) is 3.01. The molecule has 3 nitrogen and oxygen atoms in total. The standard InChI is InChI=1S/C17H25NO2/c1-13-6-5-9-15(11-10-13)18-12-16(17(19)20)14-7-3-2-4-8-14/h2-4,7-8,13,15-16,18H,5-6,9-12H2,1H3,(H,19,20). The van der Waals surface area contributed by atoms with Gasteiger partial charge in [0.2, 0.25) is 0 Å². The van der Waals surface area contributed by atoms with E-state index >= 15 is 0 Å². The van der Waals surface area contributed by atoms with Crippen LogP contribution < -0.4 is 5.32 Å². The number of benzene rings is 1. The number of carbonyl (C=O) groups is 1. The van der Waals surface area contributed by atoms with Gasteiger partial charge in [0.15, 0.2) is 0 Å². The zero-order valence-corrected chi connectivity index (χ0v) is 12.2. The molecule has 1 fully saturated rings. The molecular formula is C17H25NO2. The Balaban J connectivity index is 1.91. The molecule has 0 spiro atoms. The van der Waals surface area contributed by atoms with Crippen LogP contribution in [0.5, 0.6) is 0 Å². The Morgan fingerprint density at radius 3 is 2.70 bits per heavy atom. The highest BCUT2D eigenvalue weighted by Gasteiger charge is 2.22. The highest BCUT2D eigenvalue weighted by Crippen LogP contribution is 2.23. The van der Waals surface area contributed by atoms with Crippen molar-refractivity contribution in [3.05, 3.63) is 35.9 Å². The van der Waals surface area contributed by atoms with Crippen LogP contribution in [-0.4, -0.2) is 23.7 Å². The van der Waals surface area contributed by atoms with Gasteiger partial charge in [0.1, 0.15) is 0 Å². The summed E-state index contributed by atoms with van der Waals surface area (Å²) in [6.07, 6.45) is 6.15. The molecule has 1 aromatic carbocycles. The van der Waals surface area contributed by atoms with E-state index in [1.165, 1.54) is 32.1 Å². The van der Waals surface area contributed by atoms with Crippen molar-refractivity contribution in [1.29, 1.82) is 0 Å². The first-order chi connectivity index (χ1) is 9.66. The van der Waals surface area contributed by atoms with E-state index in [1.54, 1.807) is 0 Å². The predicted molar refractivity (Wildman–Crippen MR) is 80.9 cm³/mol. The van der Waals surface area contributed by atoms with Gasteiger partial charge in [-0.05, 0) is 30.7 Å². The summed E-state index contributed by atoms with van der Waals surface area (Å²) < 4.78 is 0. The predicted octanol–water partition coefficient (Wildman–Crippen LogP) is 3.41. The molecular weight excluding hydrogens is 250 g/mol. The summed E-state index contributed by atoms with van der Waals surface area (Å²) in [5, 5.41) is 12.9. The summed E-state index contributed by atoms with van der Waals surface area (Å²) in [5.41, 5.74) is 0.884. The third kappa shape index (κ3) is 4.34. The summed E-state index contributed by atoms with van der Waals surface area (Å²) in [4.78, 5) is 11.5. The average Bonchev–Trinajstić information content (AvgIpc) is 2.65. The first-order valence-electron chi connectivity index (χ1n) is 7.68. The van der Waals surface area contributed by atoms with Crippen LogP contribution in [0.4, 0.5) is 0 Å². The molecule has 0 amide bonds. The maximum atomic E-state index is 11.5. The van der Waals surface area contributed by atoms with Crippen LogP contribution in [0.3, 0.4) is 0 Å².